The minimum Gasteiger partial charge on any atom is -0.493 e. The van der Waals surface area contributed by atoms with Gasteiger partial charge in [-0.25, -0.2) is 9.78 Å². The van der Waals surface area contributed by atoms with Crippen LogP contribution in [0.15, 0.2) is 42.5 Å². The minimum absolute atomic E-state index is 0.0701. The topological polar surface area (TPSA) is 72.9 Å². The van der Waals surface area contributed by atoms with E-state index in [1.165, 1.54) is 0 Å². The van der Waals surface area contributed by atoms with Crippen molar-refractivity contribution in [2.24, 2.45) is 0 Å². The Morgan fingerprint density at radius 1 is 1.10 bits per heavy atom. The van der Waals surface area contributed by atoms with E-state index in [2.05, 4.69) is 10.3 Å². The standard InChI is InChI=1S/C21H23N3O4S/c1-26-17-8-7-14(13-18(17)27-2)22-20(25)24-11-9-15(10-12-24)28-21-23-16-5-3-4-6-19(16)29-21/h3-8,13,15H,9-12H2,1-2H3,(H,22,25). The number of benzene rings is 2. The number of fused-ring (bicyclic) bond motifs is 1. The maximum absolute atomic E-state index is 12.6. The van der Waals surface area contributed by atoms with E-state index in [0.29, 0.717) is 35.5 Å². The lowest BCUT2D eigenvalue weighted by atomic mass is 10.1. The quantitative estimate of drug-likeness (QED) is 0.672. The fourth-order valence-electron chi connectivity index (χ4n) is 3.34. The molecule has 152 valence electrons. The van der Waals surface area contributed by atoms with Gasteiger partial charge in [-0.3, -0.25) is 0 Å². The fraction of sp³-hybridized carbons (Fsp3) is 0.333. The van der Waals surface area contributed by atoms with Gasteiger partial charge in [-0.05, 0) is 24.3 Å². The second kappa shape index (κ2) is 8.57. The largest absolute Gasteiger partial charge is 0.493 e. The van der Waals surface area contributed by atoms with Crippen molar-refractivity contribution in [2.75, 3.05) is 32.6 Å². The van der Waals surface area contributed by atoms with Crippen LogP contribution in [0.25, 0.3) is 10.2 Å². The maximum Gasteiger partial charge on any atom is 0.321 e. The van der Waals surface area contributed by atoms with Crippen LogP contribution in [0.4, 0.5) is 10.5 Å². The molecule has 7 nitrogen and oxygen atoms in total. The van der Waals surface area contributed by atoms with E-state index in [1.54, 1.807) is 48.7 Å². The molecule has 3 aromatic rings. The number of carbonyl (C=O) groups excluding carboxylic acids is 1. The van der Waals surface area contributed by atoms with Gasteiger partial charge >= 0.3 is 6.03 Å². The van der Waals surface area contributed by atoms with E-state index < -0.39 is 0 Å². The third-order valence-electron chi connectivity index (χ3n) is 4.91. The lowest BCUT2D eigenvalue weighted by Gasteiger charge is -2.31. The first-order chi connectivity index (χ1) is 14.2. The molecule has 1 saturated heterocycles. The number of ether oxygens (including phenoxy) is 3. The predicted octanol–water partition coefficient (Wildman–Crippen LogP) is 4.39. The number of amides is 2. The highest BCUT2D eigenvalue weighted by atomic mass is 32.1. The summed E-state index contributed by atoms with van der Waals surface area (Å²) in [5, 5.41) is 3.61. The van der Waals surface area contributed by atoms with Crippen LogP contribution in [0.5, 0.6) is 16.7 Å². The molecule has 1 aromatic heterocycles. The fourth-order valence-corrected chi connectivity index (χ4v) is 4.22. The molecule has 0 saturated carbocycles. The molecule has 0 unspecified atom stereocenters. The summed E-state index contributed by atoms with van der Waals surface area (Å²) in [5.41, 5.74) is 1.62. The molecule has 0 atom stereocenters. The number of likely N-dealkylation sites (tertiary alicyclic amines) is 1. The lowest BCUT2D eigenvalue weighted by Crippen LogP contribution is -2.43. The van der Waals surface area contributed by atoms with E-state index in [4.69, 9.17) is 14.2 Å². The number of aromatic nitrogens is 1. The SMILES string of the molecule is COc1ccc(NC(=O)N2CCC(Oc3nc4ccccc4s3)CC2)cc1OC. The molecule has 29 heavy (non-hydrogen) atoms. The van der Waals surface area contributed by atoms with E-state index in [0.717, 1.165) is 23.1 Å². The molecule has 2 amide bonds. The molecule has 0 spiro atoms. The predicted molar refractivity (Wildman–Crippen MR) is 113 cm³/mol. The average molecular weight is 413 g/mol. The van der Waals surface area contributed by atoms with Gasteiger partial charge < -0.3 is 24.4 Å². The summed E-state index contributed by atoms with van der Waals surface area (Å²) >= 11 is 1.56. The Kier molecular flexibility index (Phi) is 5.71. The Balaban J connectivity index is 1.31. The van der Waals surface area contributed by atoms with Crippen LogP contribution in [0, 0.1) is 0 Å². The number of anilines is 1. The Hall–Kier alpha value is -3.00. The van der Waals surface area contributed by atoms with Gasteiger partial charge in [0, 0.05) is 37.7 Å². The molecule has 2 aromatic carbocycles. The van der Waals surface area contributed by atoms with Gasteiger partial charge in [-0.1, -0.05) is 23.5 Å². The van der Waals surface area contributed by atoms with E-state index in [1.807, 2.05) is 24.3 Å². The Labute approximate surface area is 173 Å². The minimum atomic E-state index is -0.129. The maximum atomic E-state index is 12.6. The zero-order valence-electron chi connectivity index (χ0n) is 16.4. The number of hydrogen-bond acceptors (Lipinski definition) is 6. The number of urea groups is 1. The molecule has 0 aliphatic carbocycles. The number of rotatable bonds is 5. The summed E-state index contributed by atoms with van der Waals surface area (Å²) in [6.45, 7) is 1.27. The Bertz CT molecular complexity index is 966. The van der Waals surface area contributed by atoms with Crippen molar-refractivity contribution in [3.05, 3.63) is 42.5 Å². The molecular formula is C21H23N3O4S. The molecule has 4 rings (SSSR count). The Morgan fingerprint density at radius 3 is 2.59 bits per heavy atom. The second-order valence-electron chi connectivity index (χ2n) is 6.75. The summed E-state index contributed by atoms with van der Waals surface area (Å²) in [6.07, 6.45) is 1.62. The van der Waals surface area contributed by atoms with Crippen molar-refractivity contribution in [1.82, 2.24) is 9.88 Å². The number of hydrogen-bond donors (Lipinski definition) is 1. The molecule has 0 bridgehead atoms. The van der Waals surface area contributed by atoms with Gasteiger partial charge in [-0.15, -0.1) is 0 Å². The normalized spacial score (nSPS) is 14.6. The van der Waals surface area contributed by atoms with E-state index >= 15 is 0 Å². The summed E-state index contributed by atoms with van der Waals surface area (Å²) in [4.78, 5) is 18.9. The van der Waals surface area contributed by atoms with Crippen molar-refractivity contribution in [1.29, 1.82) is 0 Å². The van der Waals surface area contributed by atoms with Crippen LogP contribution in [0.2, 0.25) is 0 Å². The van der Waals surface area contributed by atoms with Crippen molar-refractivity contribution in [3.63, 3.8) is 0 Å². The van der Waals surface area contributed by atoms with Gasteiger partial charge in [-0.2, -0.15) is 0 Å². The molecule has 2 heterocycles. The highest BCUT2D eigenvalue weighted by Gasteiger charge is 2.25. The van der Waals surface area contributed by atoms with Crippen LogP contribution in [-0.4, -0.2) is 49.3 Å². The van der Waals surface area contributed by atoms with Crippen molar-refractivity contribution in [3.8, 4) is 16.7 Å². The molecule has 1 fully saturated rings. The zero-order chi connectivity index (χ0) is 20.2. The van der Waals surface area contributed by atoms with Gasteiger partial charge in [0.25, 0.3) is 5.19 Å². The third-order valence-corrected chi connectivity index (χ3v) is 5.83. The Morgan fingerprint density at radius 2 is 1.86 bits per heavy atom. The molecular weight excluding hydrogens is 390 g/mol. The van der Waals surface area contributed by atoms with Crippen LogP contribution >= 0.6 is 11.3 Å². The van der Waals surface area contributed by atoms with Crippen molar-refractivity contribution in [2.45, 2.75) is 18.9 Å². The monoisotopic (exact) mass is 413 g/mol. The number of thiazole rings is 1. The van der Waals surface area contributed by atoms with Crippen LogP contribution in [0.3, 0.4) is 0 Å². The summed E-state index contributed by atoms with van der Waals surface area (Å²) < 4.78 is 17.7. The molecule has 1 aliphatic heterocycles. The molecule has 1 aliphatic rings. The summed E-state index contributed by atoms with van der Waals surface area (Å²) in [5.74, 6) is 1.20. The zero-order valence-corrected chi connectivity index (χ0v) is 17.2. The van der Waals surface area contributed by atoms with Crippen molar-refractivity contribution < 1.29 is 19.0 Å². The van der Waals surface area contributed by atoms with E-state index in [-0.39, 0.29) is 12.1 Å². The van der Waals surface area contributed by atoms with Gasteiger partial charge in [0.15, 0.2) is 11.5 Å². The van der Waals surface area contributed by atoms with Crippen LogP contribution in [0.1, 0.15) is 12.8 Å². The van der Waals surface area contributed by atoms with Gasteiger partial charge in [0.1, 0.15) is 6.10 Å². The highest BCUT2D eigenvalue weighted by Crippen LogP contribution is 2.31. The third kappa shape index (κ3) is 4.37. The lowest BCUT2D eigenvalue weighted by molar-refractivity contribution is 0.115. The first-order valence-electron chi connectivity index (χ1n) is 9.46. The summed E-state index contributed by atoms with van der Waals surface area (Å²) in [7, 11) is 3.15. The van der Waals surface area contributed by atoms with Crippen LogP contribution in [-0.2, 0) is 0 Å². The second-order valence-corrected chi connectivity index (χ2v) is 7.74. The van der Waals surface area contributed by atoms with Crippen molar-refractivity contribution >= 4 is 33.3 Å². The highest BCUT2D eigenvalue weighted by molar-refractivity contribution is 7.20. The van der Waals surface area contributed by atoms with Gasteiger partial charge in [0.2, 0.25) is 0 Å². The summed E-state index contributed by atoms with van der Waals surface area (Å²) in [6, 6.07) is 13.2. The first-order valence-corrected chi connectivity index (χ1v) is 10.3. The number of carbonyl (C=O) groups is 1. The number of piperidine rings is 1. The smallest absolute Gasteiger partial charge is 0.321 e. The van der Waals surface area contributed by atoms with E-state index in [9.17, 15) is 4.79 Å². The molecule has 0 radical (unpaired) electrons. The molecule has 1 N–H and O–H groups in total. The first kappa shape index (κ1) is 19.3. The molecule has 8 heteroatoms. The number of nitrogens with one attached hydrogen (secondary N) is 1. The van der Waals surface area contributed by atoms with Crippen LogP contribution < -0.4 is 19.5 Å². The number of methoxy groups -OCH3 is 2. The number of para-hydroxylation sites is 1. The number of nitrogens with zero attached hydrogens (tertiary/aromatic N) is 2. The van der Waals surface area contributed by atoms with Gasteiger partial charge in [0.05, 0.1) is 24.4 Å². The average Bonchev–Trinajstić information content (AvgIpc) is 3.16.